The third kappa shape index (κ3) is 5.80. The molecule has 3 aromatic carbocycles. The molecule has 0 radical (unpaired) electrons. The van der Waals surface area contributed by atoms with E-state index in [0.29, 0.717) is 22.3 Å². The number of benzene rings is 3. The zero-order chi connectivity index (χ0) is 30.7. The normalized spacial score (nSPS) is 19.8. The molecule has 2 heterocycles. The molecule has 0 aromatic heterocycles. The van der Waals surface area contributed by atoms with E-state index in [1.807, 2.05) is 60.7 Å². The molecule has 0 saturated carbocycles. The van der Waals surface area contributed by atoms with E-state index >= 15 is 0 Å². The highest BCUT2D eigenvalue weighted by Gasteiger charge is 2.66. The summed E-state index contributed by atoms with van der Waals surface area (Å²) in [5, 5.41) is 9.47. The SMILES string of the molecule is CO[C@@]1(N=Cc2cc(C)c(O)c(C)c2)C(=O)N2C(C(=O)OC(c3ccccc3)c3ccccc3)=C(COC(C)=O)CS[C@H]21. The molecule has 0 unspecified atom stereocenters. The van der Waals surface area contributed by atoms with Crippen molar-refractivity contribution in [1.29, 1.82) is 0 Å². The Balaban J connectivity index is 1.49. The zero-order valence-electron chi connectivity index (χ0n) is 24.3. The van der Waals surface area contributed by atoms with Crippen molar-refractivity contribution in [3.63, 3.8) is 0 Å². The van der Waals surface area contributed by atoms with Gasteiger partial charge in [-0.05, 0) is 53.8 Å². The smallest absolute Gasteiger partial charge is 0.356 e. The van der Waals surface area contributed by atoms with Crippen LogP contribution in [0, 0.1) is 13.8 Å². The van der Waals surface area contributed by atoms with Gasteiger partial charge in [0.1, 0.15) is 23.4 Å². The number of thioether (sulfide) groups is 1. The Kier molecular flexibility index (Phi) is 8.70. The maximum Gasteiger partial charge on any atom is 0.356 e. The first-order valence-electron chi connectivity index (χ1n) is 13.7. The van der Waals surface area contributed by atoms with E-state index in [4.69, 9.17) is 14.2 Å². The number of esters is 2. The first-order valence-corrected chi connectivity index (χ1v) is 14.7. The highest BCUT2D eigenvalue weighted by molar-refractivity contribution is 8.00. The van der Waals surface area contributed by atoms with Gasteiger partial charge in [-0.15, -0.1) is 11.8 Å². The molecule has 222 valence electrons. The quantitative estimate of drug-likeness (QED) is 0.211. The summed E-state index contributed by atoms with van der Waals surface area (Å²) >= 11 is 1.35. The van der Waals surface area contributed by atoms with Crippen molar-refractivity contribution in [1.82, 2.24) is 4.90 Å². The molecule has 1 saturated heterocycles. The van der Waals surface area contributed by atoms with Gasteiger partial charge in [0, 0.05) is 31.6 Å². The molecule has 0 bridgehead atoms. The highest BCUT2D eigenvalue weighted by atomic mass is 32.2. The molecular formula is C33H32N2O7S. The second kappa shape index (κ2) is 12.4. The summed E-state index contributed by atoms with van der Waals surface area (Å²) < 4.78 is 17.1. The number of aryl methyl sites for hydroxylation is 2. The van der Waals surface area contributed by atoms with Crippen LogP contribution in [0.5, 0.6) is 5.75 Å². The van der Waals surface area contributed by atoms with Crippen LogP contribution < -0.4 is 0 Å². The number of hydrogen-bond donors (Lipinski definition) is 1. The number of ether oxygens (including phenoxy) is 3. The molecule has 3 aromatic rings. The van der Waals surface area contributed by atoms with Crippen LogP contribution in [0.4, 0.5) is 0 Å². The molecule has 9 nitrogen and oxygen atoms in total. The number of amides is 1. The third-order valence-electron chi connectivity index (χ3n) is 7.39. The van der Waals surface area contributed by atoms with Crippen LogP contribution >= 0.6 is 11.8 Å². The predicted molar refractivity (Wildman–Crippen MR) is 162 cm³/mol. The average molecular weight is 601 g/mol. The Hall–Kier alpha value is -4.41. The highest BCUT2D eigenvalue weighted by Crippen LogP contribution is 2.49. The van der Waals surface area contributed by atoms with Crippen LogP contribution in [0.1, 0.15) is 40.8 Å². The molecule has 5 rings (SSSR count). The number of aromatic hydroxyl groups is 1. The zero-order valence-corrected chi connectivity index (χ0v) is 25.1. The minimum absolute atomic E-state index is 0.0195. The van der Waals surface area contributed by atoms with Crippen LogP contribution in [0.2, 0.25) is 0 Å². The number of phenolic OH excluding ortho intramolecular Hbond substituents is 1. The minimum atomic E-state index is -1.58. The van der Waals surface area contributed by atoms with Crippen molar-refractivity contribution >= 4 is 35.8 Å². The fourth-order valence-corrected chi connectivity index (χ4v) is 6.61. The molecule has 1 fully saturated rings. The van der Waals surface area contributed by atoms with E-state index < -0.39 is 35.0 Å². The average Bonchev–Trinajstić information content (AvgIpc) is 3.02. The number of carbonyl (C=O) groups is 3. The van der Waals surface area contributed by atoms with E-state index in [1.54, 1.807) is 26.0 Å². The van der Waals surface area contributed by atoms with Gasteiger partial charge in [0.05, 0.1) is 0 Å². The van der Waals surface area contributed by atoms with E-state index in [0.717, 1.165) is 11.1 Å². The maximum absolute atomic E-state index is 14.0. The molecule has 2 aliphatic heterocycles. The van der Waals surface area contributed by atoms with Crippen molar-refractivity contribution in [2.24, 2.45) is 4.99 Å². The molecule has 1 amide bonds. The Morgan fingerprint density at radius 3 is 2.19 bits per heavy atom. The lowest BCUT2D eigenvalue weighted by Gasteiger charge is -2.54. The number of β-lactam (4-membered cyclic amide) rings is 1. The number of methoxy groups -OCH3 is 1. The number of hydrogen-bond acceptors (Lipinski definition) is 9. The van der Waals surface area contributed by atoms with Gasteiger partial charge in [0.15, 0.2) is 6.10 Å². The van der Waals surface area contributed by atoms with E-state index in [9.17, 15) is 19.5 Å². The molecule has 2 aliphatic rings. The lowest BCUT2D eigenvalue weighted by Crippen LogP contribution is -2.73. The topological polar surface area (TPSA) is 115 Å². The Bertz CT molecular complexity index is 1540. The summed E-state index contributed by atoms with van der Waals surface area (Å²) in [7, 11) is 1.40. The molecule has 43 heavy (non-hydrogen) atoms. The second-order valence-electron chi connectivity index (χ2n) is 10.3. The summed E-state index contributed by atoms with van der Waals surface area (Å²) in [6.45, 7) is 4.68. The van der Waals surface area contributed by atoms with Gasteiger partial charge in [-0.1, -0.05) is 60.7 Å². The first-order chi connectivity index (χ1) is 20.7. The fourth-order valence-electron chi connectivity index (χ4n) is 5.20. The van der Waals surface area contributed by atoms with Crippen LogP contribution in [-0.4, -0.2) is 64.6 Å². The van der Waals surface area contributed by atoms with Gasteiger partial charge in [-0.2, -0.15) is 0 Å². The van der Waals surface area contributed by atoms with E-state index in [-0.39, 0.29) is 23.8 Å². The summed E-state index contributed by atoms with van der Waals surface area (Å²) in [6, 6.07) is 22.2. The summed E-state index contributed by atoms with van der Waals surface area (Å²) in [5.74, 6) is -1.30. The number of aliphatic imine (C=N–C) groups is 1. The lowest BCUT2D eigenvalue weighted by atomic mass is 9.98. The van der Waals surface area contributed by atoms with Crippen molar-refractivity contribution in [3.8, 4) is 5.75 Å². The lowest BCUT2D eigenvalue weighted by molar-refractivity contribution is -0.183. The standard InChI is InChI=1S/C33H32N2O7S/c1-20-15-23(16-21(2)28(20)37)17-34-33(40-4)31(39)35-27(26(18-41-22(3)36)19-43-32(33)35)30(38)42-29(24-11-7-5-8-12-24)25-13-9-6-10-14-25/h5-17,29,32,37H,18-19H2,1-4H3/t32-,33-/m0/s1. The monoisotopic (exact) mass is 600 g/mol. The van der Waals surface area contributed by atoms with Gasteiger partial charge in [-0.3, -0.25) is 14.5 Å². The number of carbonyl (C=O) groups excluding carboxylic acids is 3. The van der Waals surface area contributed by atoms with Crippen molar-refractivity contribution in [2.75, 3.05) is 19.5 Å². The molecule has 10 heteroatoms. The van der Waals surface area contributed by atoms with E-state index in [2.05, 4.69) is 4.99 Å². The summed E-state index contributed by atoms with van der Waals surface area (Å²) in [4.78, 5) is 45.4. The number of rotatable bonds is 9. The Morgan fingerprint density at radius 2 is 1.65 bits per heavy atom. The van der Waals surface area contributed by atoms with Crippen LogP contribution in [0.15, 0.2) is 89.1 Å². The van der Waals surface area contributed by atoms with Crippen molar-refractivity contribution in [2.45, 2.75) is 38.0 Å². The largest absolute Gasteiger partial charge is 0.507 e. The van der Waals surface area contributed by atoms with Crippen molar-refractivity contribution in [3.05, 3.63) is 112 Å². The van der Waals surface area contributed by atoms with Gasteiger partial charge in [0.25, 0.3) is 11.6 Å². The number of phenols is 1. The van der Waals surface area contributed by atoms with Crippen LogP contribution in [0.3, 0.4) is 0 Å². The third-order valence-corrected chi connectivity index (χ3v) is 8.75. The second-order valence-corrected chi connectivity index (χ2v) is 11.4. The molecule has 0 aliphatic carbocycles. The maximum atomic E-state index is 14.0. The number of fused-ring (bicyclic) bond motifs is 1. The van der Waals surface area contributed by atoms with Gasteiger partial charge in [0.2, 0.25) is 0 Å². The summed E-state index contributed by atoms with van der Waals surface area (Å²) in [6.07, 6.45) is 0.795. The van der Waals surface area contributed by atoms with Crippen LogP contribution in [0.25, 0.3) is 0 Å². The van der Waals surface area contributed by atoms with Crippen molar-refractivity contribution < 1.29 is 33.7 Å². The van der Waals surface area contributed by atoms with Gasteiger partial charge in [-0.25, -0.2) is 9.79 Å². The Morgan fingerprint density at radius 1 is 1.07 bits per heavy atom. The first kappa shape index (κ1) is 30.1. The predicted octanol–water partition coefficient (Wildman–Crippen LogP) is 4.84. The molecule has 0 spiro atoms. The van der Waals surface area contributed by atoms with E-state index in [1.165, 1.54) is 36.9 Å². The van der Waals surface area contributed by atoms with Crippen LogP contribution in [-0.2, 0) is 28.6 Å². The molecule has 2 atom stereocenters. The summed E-state index contributed by atoms with van der Waals surface area (Å²) in [5.41, 5.74) is 2.45. The molecule has 1 N–H and O–H groups in total. The fraction of sp³-hybridized carbons (Fsp3) is 0.273. The Labute approximate surface area is 254 Å². The molecular weight excluding hydrogens is 568 g/mol. The number of nitrogens with zero attached hydrogens (tertiary/aromatic N) is 2. The minimum Gasteiger partial charge on any atom is -0.507 e. The van der Waals surface area contributed by atoms with Gasteiger partial charge < -0.3 is 19.3 Å². The van der Waals surface area contributed by atoms with Gasteiger partial charge >= 0.3 is 11.9 Å².